The van der Waals surface area contributed by atoms with Gasteiger partial charge in [0, 0.05) is 16.8 Å². The fourth-order valence-corrected chi connectivity index (χ4v) is 5.05. The van der Waals surface area contributed by atoms with Crippen molar-refractivity contribution in [3.8, 4) is 33.4 Å². The number of hydrogen-bond acceptors (Lipinski definition) is 1. The highest BCUT2D eigenvalue weighted by Crippen LogP contribution is 2.24. The summed E-state index contributed by atoms with van der Waals surface area (Å²) < 4.78 is 0. The Morgan fingerprint density at radius 3 is 1.26 bits per heavy atom. The van der Waals surface area contributed by atoms with Crippen LogP contribution in [0.15, 0.2) is 174 Å². The fourth-order valence-electron chi connectivity index (χ4n) is 5.05. The number of hydrogen-bond donors (Lipinski definition) is 1. The Labute approximate surface area is 253 Å². The van der Waals surface area contributed by atoms with Crippen molar-refractivity contribution in [1.82, 2.24) is 0 Å². The monoisotopic (exact) mass is 553 g/mol. The molecule has 0 aliphatic carbocycles. The van der Waals surface area contributed by atoms with Crippen molar-refractivity contribution in [2.45, 2.75) is 6.92 Å². The molecular weight excluding hydrogens is 522 g/mol. The molecule has 1 N–H and O–H groups in total. The first-order valence-corrected chi connectivity index (χ1v) is 14.3. The molecule has 0 fully saturated rings. The average molecular weight is 554 g/mol. The van der Waals surface area contributed by atoms with Crippen LogP contribution in [0.25, 0.3) is 33.4 Å². The van der Waals surface area contributed by atoms with Crippen molar-refractivity contribution in [2.75, 3.05) is 0 Å². The quantitative estimate of drug-likeness (QED) is 0.158. The Morgan fingerprint density at radius 2 is 0.767 bits per heavy atom. The lowest BCUT2D eigenvalue weighted by Gasteiger charge is -2.10. The maximum Gasteiger partial charge on any atom is 0.161 e. The van der Waals surface area contributed by atoms with Crippen molar-refractivity contribution in [1.29, 1.82) is 5.41 Å². The molecule has 0 aliphatic heterocycles. The van der Waals surface area contributed by atoms with E-state index in [1.54, 1.807) is 0 Å². The van der Waals surface area contributed by atoms with Crippen molar-refractivity contribution in [3.05, 3.63) is 180 Å². The van der Waals surface area contributed by atoms with Gasteiger partial charge in [-0.05, 0) is 64.1 Å². The van der Waals surface area contributed by atoms with E-state index in [2.05, 4.69) is 78.9 Å². The van der Waals surface area contributed by atoms with Gasteiger partial charge in [-0.25, -0.2) is 9.98 Å². The lowest BCUT2D eigenvalue weighted by molar-refractivity contribution is 1.39. The van der Waals surface area contributed by atoms with Crippen LogP contribution in [0.3, 0.4) is 0 Å². The highest BCUT2D eigenvalue weighted by molar-refractivity contribution is 6.16. The summed E-state index contributed by atoms with van der Waals surface area (Å²) in [5.41, 5.74) is 10.0. The van der Waals surface area contributed by atoms with Crippen LogP contribution in [0.4, 0.5) is 0 Å². The minimum atomic E-state index is 0.160. The predicted molar refractivity (Wildman–Crippen MR) is 181 cm³/mol. The van der Waals surface area contributed by atoms with E-state index < -0.39 is 0 Å². The number of nitrogens with one attached hydrogen (secondary N) is 1. The van der Waals surface area contributed by atoms with Gasteiger partial charge in [0.15, 0.2) is 11.7 Å². The van der Waals surface area contributed by atoms with Gasteiger partial charge in [0.2, 0.25) is 0 Å². The fraction of sp³-hybridized carbons (Fsp3) is 0.0250. The molecule has 206 valence electrons. The van der Waals surface area contributed by atoms with Crippen molar-refractivity contribution in [2.24, 2.45) is 9.98 Å². The zero-order chi connectivity index (χ0) is 29.4. The highest BCUT2D eigenvalue weighted by Gasteiger charge is 2.11. The number of benzene rings is 6. The lowest BCUT2D eigenvalue weighted by atomic mass is 10.0. The summed E-state index contributed by atoms with van der Waals surface area (Å²) in [4.78, 5) is 9.90. The smallest absolute Gasteiger partial charge is 0.161 e. The molecule has 43 heavy (non-hydrogen) atoms. The van der Waals surface area contributed by atoms with Crippen molar-refractivity contribution >= 4 is 17.4 Å². The molecule has 0 unspecified atom stereocenters. The second-order valence-electron chi connectivity index (χ2n) is 10.3. The van der Waals surface area contributed by atoms with E-state index in [0.717, 1.165) is 55.8 Å². The van der Waals surface area contributed by atoms with Gasteiger partial charge in [-0.2, -0.15) is 0 Å². The first kappa shape index (κ1) is 27.5. The van der Waals surface area contributed by atoms with Crippen molar-refractivity contribution < 1.29 is 0 Å². The van der Waals surface area contributed by atoms with Gasteiger partial charge < -0.3 is 0 Å². The number of amidine groups is 2. The molecule has 0 saturated carbocycles. The molecule has 3 nitrogen and oxygen atoms in total. The summed E-state index contributed by atoms with van der Waals surface area (Å²) >= 11 is 0. The molecule has 0 spiro atoms. The van der Waals surface area contributed by atoms with E-state index in [4.69, 9.17) is 15.4 Å². The summed E-state index contributed by atoms with van der Waals surface area (Å²) in [6, 6.07) is 55.4. The van der Waals surface area contributed by atoms with E-state index in [-0.39, 0.29) is 5.84 Å². The molecule has 3 heteroatoms. The Hall–Kier alpha value is -5.67. The molecule has 0 heterocycles. The highest BCUT2D eigenvalue weighted by atomic mass is 15.0. The molecular formula is C40H31N3. The standard InChI is InChI=1S/C40H31N3/c1-29(33-20-11-21-34(26-33)30-14-5-2-6-15-30)42-40(38-25-13-23-36(28-38)32-18-9-4-10-19-32)43-39(41)37-24-12-22-35(27-37)31-16-7-3-8-17-31/h2-28,41H,1H3. The van der Waals surface area contributed by atoms with Gasteiger partial charge in [0.1, 0.15) is 0 Å². The molecule has 6 aromatic carbocycles. The van der Waals surface area contributed by atoms with Crippen LogP contribution in [0, 0.1) is 5.41 Å². The maximum atomic E-state index is 9.02. The lowest BCUT2D eigenvalue weighted by Crippen LogP contribution is -2.08. The van der Waals surface area contributed by atoms with E-state index in [9.17, 15) is 0 Å². The van der Waals surface area contributed by atoms with Crippen LogP contribution in [-0.4, -0.2) is 17.4 Å². The van der Waals surface area contributed by atoms with Gasteiger partial charge in [0.25, 0.3) is 0 Å². The molecule has 0 aromatic heterocycles. The summed E-state index contributed by atoms with van der Waals surface area (Å²) in [5, 5.41) is 9.02. The third-order valence-electron chi connectivity index (χ3n) is 7.35. The van der Waals surface area contributed by atoms with E-state index in [0.29, 0.717) is 5.84 Å². The predicted octanol–water partition coefficient (Wildman–Crippen LogP) is 9.97. The Kier molecular flexibility index (Phi) is 8.24. The SMILES string of the molecule is CC(=NC(=NC(=N)c1cccc(-c2ccccc2)c1)c1cccc(-c2ccccc2)c1)c1cccc(-c2ccccc2)c1. The normalized spacial score (nSPS) is 11.7. The second-order valence-corrected chi connectivity index (χ2v) is 10.3. The second kappa shape index (κ2) is 12.9. The minimum Gasteiger partial charge on any atom is -0.282 e. The molecule has 0 bridgehead atoms. The van der Waals surface area contributed by atoms with Crippen LogP contribution < -0.4 is 0 Å². The van der Waals surface area contributed by atoms with Gasteiger partial charge in [0.05, 0.1) is 0 Å². The van der Waals surface area contributed by atoms with E-state index >= 15 is 0 Å². The summed E-state index contributed by atoms with van der Waals surface area (Å²) in [5.74, 6) is 0.656. The summed E-state index contributed by atoms with van der Waals surface area (Å²) in [6.45, 7) is 2.00. The van der Waals surface area contributed by atoms with Crippen LogP contribution in [0.1, 0.15) is 23.6 Å². The third-order valence-corrected chi connectivity index (χ3v) is 7.35. The summed E-state index contributed by atoms with van der Waals surface area (Å²) in [6.07, 6.45) is 0. The first-order chi connectivity index (χ1) is 21.1. The van der Waals surface area contributed by atoms with Crippen LogP contribution >= 0.6 is 0 Å². The van der Waals surface area contributed by atoms with E-state index in [1.165, 1.54) is 0 Å². The van der Waals surface area contributed by atoms with Gasteiger partial charge in [-0.15, -0.1) is 0 Å². The topological polar surface area (TPSA) is 48.6 Å². The molecule has 0 aliphatic rings. The van der Waals surface area contributed by atoms with Crippen LogP contribution in [0.5, 0.6) is 0 Å². The van der Waals surface area contributed by atoms with E-state index in [1.807, 2.05) is 91.9 Å². The molecule has 0 saturated heterocycles. The molecule has 0 radical (unpaired) electrons. The molecule has 0 atom stereocenters. The average Bonchev–Trinajstić information content (AvgIpc) is 3.09. The number of rotatable bonds is 6. The zero-order valence-electron chi connectivity index (χ0n) is 24.0. The Bertz CT molecular complexity index is 1920. The van der Waals surface area contributed by atoms with Gasteiger partial charge in [-0.1, -0.05) is 146 Å². The maximum absolute atomic E-state index is 9.02. The largest absolute Gasteiger partial charge is 0.282 e. The van der Waals surface area contributed by atoms with Crippen LogP contribution in [0.2, 0.25) is 0 Å². The Balaban J connectivity index is 1.42. The van der Waals surface area contributed by atoms with Gasteiger partial charge in [-0.3, -0.25) is 5.41 Å². The molecule has 0 amide bonds. The Morgan fingerprint density at radius 1 is 0.395 bits per heavy atom. The minimum absolute atomic E-state index is 0.160. The summed E-state index contributed by atoms with van der Waals surface area (Å²) in [7, 11) is 0. The van der Waals surface area contributed by atoms with Crippen molar-refractivity contribution in [3.63, 3.8) is 0 Å². The molecule has 6 aromatic rings. The zero-order valence-corrected chi connectivity index (χ0v) is 24.0. The first-order valence-electron chi connectivity index (χ1n) is 14.3. The molecule has 6 rings (SSSR count). The van der Waals surface area contributed by atoms with Gasteiger partial charge >= 0.3 is 0 Å². The number of aliphatic imine (C=N–C) groups is 2. The number of nitrogens with zero attached hydrogens (tertiary/aromatic N) is 2. The van der Waals surface area contributed by atoms with Crippen LogP contribution in [-0.2, 0) is 0 Å². The third kappa shape index (κ3) is 6.64.